The Hall–Kier alpha value is -3.46. The smallest absolute Gasteiger partial charge is 0.122 e. The van der Waals surface area contributed by atoms with Crippen LogP contribution in [0.15, 0.2) is 73.8 Å². The van der Waals surface area contributed by atoms with Crippen molar-refractivity contribution in [1.82, 2.24) is 0 Å². The minimum absolute atomic E-state index is 0.243. The van der Waals surface area contributed by atoms with Crippen LogP contribution in [-0.2, 0) is 25.7 Å². The number of para-hydroxylation sites is 1. The largest absolute Gasteiger partial charge is 0.508 e. The van der Waals surface area contributed by atoms with E-state index in [1.165, 1.54) is 0 Å². The Morgan fingerprint density at radius 3 is 2.00 bits per heavy atom. The fourth-order valence-corrected chi connectivity index (χ4v) is 3.80. The highest BCUT2D eigenvalue weighted by molar-refractivity contribution is 5.51. The molecule has 0 unspecified atom stereocenters. The first-order chi connectivity index (χ1) is 14.4. The van der Waals surface area contributed by atoms with Gasteiger partial charge in [-0.1, -0.05) is 60.2 Å². The Morgan fingerprint density at radius 2 is 1.30 bits per heavy atom. The molecule has 0 aromatic heterocycles. The van der Waals surface area contributed by atoms with Crippen LogP contribution in [-0.4, -0.2) is 15.3 Å². The lowest BCUT2D eigenvalue weighted by Gasteiger charge is -2.14. The molecule has 3 rings (SSSR count). The van der Waals surface area contributed by atoms with E-state index >= 15 is 0 Å². The van der Waals surface area contributed by atoms with Gasteiger partial charge in [0.2, 0.25) is 0 Å². The average Bonchev–Trinajstić information content (AvgIpc) is 2.71. The average molecular weight is 401 g/mol. The number of rotatable bonds is 8. The summed E-state index contributed by atoms with van der Waals surface area (Å²) in [5.41, 5.74) is 6.08. The molecule has 3 N–H and O–H groups in total. The van der Waals surface area contributed by atoms with Crippen LogP contribution in [0, 0.1) is 6.92 Å². The molecule has 0 spiro atoms. The number of hydrogen-bond acceptors (Lipinski definition) is 3. The Balaban J connectivity index is 1.93. The van der Waals surface area contributed by atoms with E-state index in [2.05, 4.69) is 13.2 Å². The Kier molecular flexibility index (Phi) is 6.63. The van der Waals surface area contributed by atoms with Crippen molar-refractivity contribution in [3.8, 4) is 17.2 Å². The number of phenols is 3. The predicted molar refractivity (Wildman–Crippen MR) is 122 cm³/mol. The Bertz CT molecular complexity index is 1080. The van der Waals surface area contributed by atoms with Gasteiger partial charge in [-0.2, -0.15) is 0 Å². The number of hydrogen-bond donors (Lipinski definition) is 3. The summed E-state index contributed by atoms with van der Waals surface area (Å²) >= 11 is 0. The molecule has 0 amide bonds. The topological polar surface area (TPSA) is 60.7 Å². The lowest BCUT2D eigenvalue weighted by atomic mass is 9.93. The first kappa shape index (κ1) is 21.3. The van der Waals surface area contributed by atoms with E-state index < -0.39 is 0 Å². The van der Waals surface area contributed by atoms with Gasteiger partial charge in [0.05, 0.1) is 0 Å². The molecule has 0 bridgehead atoms. The van der Waals surface area contributed by atoms with Gasteiger partial charge in [0.25, 0.3) is 0 Å². The summed E-state index contributed by atoms with van der Waals surface area (Å²) in [6.07, 6.45) is 5.69. The van der Waals surface area contributed by atoms with E-state index in [1.54, 1.807) is 18.2 Å². The van der Waals surface area contributed by atoms with Gasteiger partial charge in [0.15, 0.2) is 0 Å². The molecular weight excluding hydrogens is 372 g/mol. The predicted octanol–water partition coefficient (Wildman–Crippen LogP) is 5.75. The zero-order valence-corrected chi connectivity index (χ0v) is 17.4. The van der Waals surface area contributed by atoms with Crippen molar-refractivity contribution in [3.63, 3.8) is 0 Å². The summed E-state index contributed by atoms with van der Waals surface area (Å²) < 4.78 is 0. The zero-order valence-electron chi connectivity index (χ0n) is 17.4. The lowest BCUT2D eigenvalue weighted by Crippen LogP contribution is -1.98. The minimum atomic E-state index is 0.243. The molecule has 0 heterocycles. The third-order valence-corrected chi connectivity index (χ3v) is 5.26. The SMILES string of the molecule is C=CCc1cc(Cc2cc(C)cc(Cc3cccc(CC=C)c3O)c2O)ccc1O. The van der Waals surface area contributed by atoms with Crippen LogP contribution >= 0.6 is 0 Å². The summed E-state index contributed by atoms with van der Waals surface area (Å²) in [4.78, 5) is 0. The monoisotopic (exact) mass is 400 g/mol. The molecule has 3 nitrogen and oxygen atoms in total. The maximum atomic E-state index is 11.0. The molecule has 0 fully saturated rings. The third-order valence-electron chi connectivity index (χ3n) is 5.26. The van der Waals surface area contributed by atoms with Crippen molar-refractivity contribution in [2.75, 3.05) is 0 Å². The van der Waals surface area contributed by atoms with E-state index in [-0.39, 0.29) is 17.2 Å². The first-order valence-electron chi connectivity index (χ1n) is 10.1. The molecule has 3 heteroatoms. The molecule has 0 aliphatic heterocycles. The van der Waals surface area contributed by atoms with Crippen LogP contribution < -0.4 is 0 Å². The van der Waals surface area contributed by atoms with Crippen LogP contribution in [0.1, 0.15) is 38.9 Å². The van der Waals surface area contributed by atoms with E-state index in [4.69, 9.17) is 0 Å². The Labute approximate surface area is 178 Å². The fourth-order valence-electron chi connectivity index (χ4n) is 3.80. The third kappa shape index (κ3) is 4.74. The summed E-state index contributed by atoms with van der Waals surface area (Å²) in [7, 11) is 0. The van der Waals surface area contributed by atoms with Crippen molar-refractivity contribution in [2.45, 2.75) is 32.6 Å². The maximum absolute atomic E-state index is 11.0. The molecule has 30 heavy (non-hydrogen) atoms. The van der Waals surface area contributed by atoms with Crippen molar-refractivity contribution >= 4 is 0 Å². The van der Waals surface area contributed by atoms with Gasteiger partial charge >= 0.3 is 0 Å². The zero-order chi connectivity index (χ0) is 21.7. The molecule has 0 aliphatic rings. The van der Waals surface area contributed by atoms with Crippen molar-refractivity contribution in [3.05, 3.63) is 113 Å². The number of aryl methyl sites for hydroxylation is 1. The van der Waals surface area contributed by atoms with Gasteiger partial charge in [-0.25, -0.2) is 0 Å². The van der Waals surface area contributed by atoms with E-state index in [9.17, 15) is 15.3 Å². The van der Waals surface area contributed by atoms with Gasteiger partial charge in [-0.3, -0.25) is 0 Å². The highest BCUT2D eigenvalue weighted by Gasteiger charge is 2.14. The van der Waals surface area contributed by atoms with Gasteiger partial charge in [-0.05, 0) is 59.2 Å². The molecule has 3 aromatic carbocycles. The van der Waals surface area contributed by atoms with Crippen molar-refractivity contribution in [1.29, 1.82) is 0 Å². The number of allylic oxidation sites excluding steroid dienone is 2. The van der Waals surface area contributed by atoms with E-state index in [0.29, 0.717) is 25.7 Å². The lowest BCUT2D eigenvalue weighted by molar-refractivity contribution is 0.457. The fraction of sp³-hybridized carbons (Fsp3) is 0.185. The van der Waals surface area contributed by atoms with Crippen LogP contribution in [0.25, 0.3) is 0 Å². The van der Waals surface area contributed by atoms with Crippen molar-refractivity contribution < 1.29 is 15.3 Å². The van der Waals surface area contributed by atoms with E-state index in [1.807, 2.05) is 49.4 Å². The number of aromatic hydroxyl groups is 3. The van der Waals surface area contributed by atoms with Crippen LogP contribution in [0.4, 0.5) is 0 Å². The molecule has 154 valence electrons. The van der Waals surface area contributed by atoms with Gasteiger partial charge < -0.3 is 15.3 Å². The molecule has 3 aromatic rings. The first-order valence-corrected chi connectivity index (χ1v) is 10.1. The normalized spacial score (nSPS) is 10.7. The van der Waals surface area contributed by atoms with Gasteiger partial charge in [-0.15, -0.1) is 13.2 Å². The van der Waals surface area contributed by atoms with E-state index in [0.717, 1.165) is 38.9 Å². The highest BCUT2D eigenvalue weighted by atomic mass is 16.3. The molecular formula is C27H28O3. The summed E-state index contributed by atoms with van der Waals surface area (Å²) in [6, 6.07) is 15.1. The van der Waals surface area contributed by atoms with Gasteiger partial charge in [0.1, 0.15) is 17.2 Å². The van der Waals surface area contributed by atoms with Gasteiger partial charge in [0, 0.05) is 12.8 Å². The second-order valence-corrected chi connectivity index (χ2v) is 7.66. The molecule has 0 saturated heterocycles. The highest BCUT2D eigenvalue weighted by Crippen LogP contribution is 2.33. The van der Waals surface area contributed by atoms with Crippen LogP contribution in [0.5, 0.6) is 17.2 Å². The second kappa shape index (κ2) is 9.36. The van der Waals surface area contributed by atoms with Crippen molar-refractivity contribution in [2.24, 2.45) is 0 Å². The standard InChI is InChI=1S/C27H28O3/c1-4-7-20-9-6-10-22(26(20)29)17-24-14-18(3)13-23(27(24)30)16-19-11-12-25(28)21(15-19)8-5-2/h4-6,9-15,28-30H,1-2,7-8,16-17H2,3H3. The quantitative estimate of drug-likeness (QED) is 0.422. The number of benzene rings is 3. The second-order valence-electron chi connectivity index (χ2n) is 7.66. The van der Waals surface area contributed by atoms with Crippen LogP contribution in [0.3, 0.4) is 0 Å². The summed E-state index contributed by atoms with van der Waals surface area (Å²) in [6.45, 7) is 9.47. The molecule has 0 atom stereocenters. The molecule has 0 saturated carbocycles. The Morgan fingerprint density at radius 1 is 0.700 bits per heavy atom. The summed E-state index contributed by atoms with van der Waals surface area (Å²) in [5.74, 6) is 0.752. The molecule has 0 aliphatic carbocycles. The molecule has 0 radical (unpaired) electrons. The summed E-state index contributed by atoms with van der Waals surface area (Å²) in [5, 5.41) is 31.6. The maximum Gasteiger partial charge on any atom is 0.122 e. The van der Waals surface area contributed by atoms with Crippen LogP contribution in [0.2, 0.25) is 0 Å². The minimum Gasteiger partial charge on any atom is -0.508 e. The number of phenolic OH excluding ortho intramolecular Hbond substituents is 3.